The Morgan fingerprint density at radius 2 is 2.11 bits per heavy atom. The average Bonchev–Trinajstić information content (AvgIpc) is 2.91. The van der Waals surface area contributed by atoms with Crippen LogP contribution in [0.1, 0.15) is 19.8 Å². The van der Waals surface area contributed by atoms with Gasteiger partial charge in [0.25, 0.3) is 0 Å². The zero-order valence-electron chi connectivity index (χ0n) is 11.6. The number of carbonyl (C=O) groups excluding carboxylic acids is 3. The van der Waals surface area contributed by atoms with Gasteiger partial charge in [0.05, 0.1) is 13.2 Å². The third-order valence-corrected chi connectivity index (χ3v) is 3.28. The lowest BCUT2D eigenvalue weighted by atomic mass is 10.2. The number of ether oxygens (including phenoxy) is 1. The van der Waals surface area contributed by atoms with Gasteiger partial charge in [0.15, 0.2) is 0 Å². The van der Waals surface area contributed by atoms with E-state index in [1.54, 1.807) is 18.9 Å². The Morgan fingerprint density at radius 3 is 2.68 bits per heavy atom. The molecule has 1 fully saturated rings. The summed E-state index contributed by atoms with van der Waals surface area (Å²) in [4.78, 5) is 36.6. The fraction of sp³-hybridized carbons (Fsp3) is 0.750. The highest BCUT2D eigenvalue weighted by Gasteiger charge is 2.35. The molecule has 1 saturated heterocycles. The minimum absolute atomic E-state index is 0.0989. The van der Waals surface area contributed by atoms with Crippen LogP contribution in [0.25, 0.3) is 0 Å². The van der Waals surface area contributed by atoms with Crippen molar-refractivity contribution in [2.24, 2.45) is 0 Å². The first-order valence-corrected chi connectivity index (χ1v) is 6.33. The molecular formula is C12H21N3O4. The van der Waals surface area contributed by atoms with Crippen LogP contribution in [0.15, 0.2) is 0 Å². The first kappa shape index (κ1) is 15.4. The van der Waals surface area contributed by atoms with Crippen LogP contribution in [0.3, 0.4) is 0 Å². The molecule has 0 bridgehead atoms. The predicted molar refractivity (Wildman–Crippen MR) is 68.3 cm³/mol. The Morgan fingerprint density at radius 1 is 1.42 bits per heavy atom. The van der Waals surface area contributed by atoms with E-state index in [0.29, 0.717) is 13.0 Å². The Hall–Kier alpha value is -1.63. The number of amides is 2. The number of methoxy groups -OCH3 is 1. The first-order valence-electron chi connectivity index (χ1n) is 6.33. The van der Waals surface area contributed by atoms with Gasteiger partial charge in [-0.2, -0.15) is 0 Å². The van der Waals surface area contributed by atoms with Gasteiger partial charge in [0.1, 0.15) is 12.6 Å². The lowest BCUT2D eigenvalue weighted by Crippen LogP contribution is -2.51. The second-order valence-electron chi connectivity index (χ2n) is 4.49. The second-order valence-corrected chi connectivity index (χ2v) is 4.49. The molecule has 0 aromatic heterocycles. The molecule has 0 saturated carbocycles. The van der Waals surface area contributed by atoms with Crippen molar-refractivity contribution in [1.29, 1.82) is 0 Å². The SMILES string of the molecule is CNC(C)C(=O)N1CCCC1C(=O)NCC(=O)OC. The van der Waals surface area contributed by atoms with Crippen LogP contribution in [0.2, 0.25) is 0 Å². The van der Waals surface area contributed by atoms with Gasteiger partial charge in [0.2, 0.25) is 11.8 Å². The maximum atomic E-state index is 12.1. The maximum absolute atomic E-state index is 12.1. The van der Waals surface area contributed by atoms with Gasteiger partial charge in [-0.1, -0.05) is 0 Å². The fourth-order valence-corrected chi connectivity index (χ4v) is 2.02. The number of esters is 1. The normalized spacial score (nSPS) is 19.9. The zero-order valence-corrected chi connectivity index (χ0v) is 11.6. The molecule has 7 heteroatoms. The fourth-order valence-electron chi connectivity index (χ4n) is 2.02. The third-order valence-electron chi connectivity index (χ3n) is 3.28. The van der Waals surface area contributed by atoms with Crippen molar-refractivity contribution in [3.05, 3.63) is 0 Å². The molecule has 2 amide bonds. The van der Waals surface area contributed by atoms with E-state index in [1.807, 2.05) is 0 Å². The molecule has 2 unspecified atom stereocenters. The summed E-state index contributed by atoms with van der Waals surface area (Å²) in [7, 11) is 2.96. The minimum Gasteiger partial charge on any atom is -0.468 e. The van der Waals surface area contributed by atoms with Crippen LogP contribution in [0.4, 0.5) is 0 Å². The number of nitrogens with zero attached hydrogens (tertiary/aromatic N) is 1. The molecule has 0 spiro atoms. The Balaban J connectivity index is 2.58. The number of hydrogen-bond acceptors (Lipinski definition) is 5. The molecule has 19 heavy (non-hydrogen) atoms. The molecule has 1 aliphatic heterocycles. The molecular weight excluding hydrogens is 250 g/mol. The van der Waals surface area contributed by atoms with E-state index in [1.165, 1.54) is 7.11 Å². The smallest absolute Gasteiger partial charge is 0.325 e. The van der Waals surface area contributed by atoms with E-state index in [2.05, 4.69) is 15.4 Å². The number of rotatable bonds is 5. The predicted octanol–water partition coefficient (Wildman–Crippen LogP) is -1.13. The lowest BCUT2D eigenvalue weighted by molar-refractivity contribution is -0.143. The molecule has 1 heterocycles. The summed E-state index contributed by atoms with van der Waals surface area (Å²) in [6.07, 6.45) is 1.41. The molecule has 1 rings (SSSR count). The minimum atomic E-state index is -0.507. The van der Waals surface area contributed by atoms with Crippen LogP contribution in [-0.2, 0) is 19.1 Å². The van der Waals surface area contributed by atoms with Gasteiger partial charge >= 0.3 is 5.97 Å². The summed E-state index contributed by atoms with van der Waals surface area (Å²) < 4.78 is 4.45. The highest BCUT2D eigenvalue weighted by molar-refractivity contribution is 5.91. The molecule has 0 aliphatic carbocycles. The standard InChI is InChI=1S/C12H21N3O4/c1-8(13-2)12(18)15-6-4-5-9(15)11(17)14-7-10(16)19-3/h8-9,13H,4-7H2,1-3H3,(H,14,17). The summed E-state index contributed by atoms with van der Waals surface area (Å²) in [5.74, 6) is -0.911. The van der Waals surface area contributed by atoms with Crippen molar-refractivity contribution in [3.8, 4) is 0 Å². The largest absolute Gasteiger partial charge is 0.468 e. The van der Waals surface area contributed by atoms with Crippen molar-refractivity contribution in [2.75, 3.05) is 27.2 Å². The van der Waals surface area contributed by atoms with Crippen molar-refractivity contribution in [3.63, 3.8) is 0 Å². The Bertz CT molecular complexity index is 359. The van der Waals surface area contributed by atoms with Crippen LogP contribution in [0.5, 0.6) is 0 Å². The molecule has 2 N–H and O–H groups in total. The third kappa shape index (κ3) is 3.92. The first-order chi connectivity index (χ1) is 9.01. The number of likely N-dealkylation sites (tertiary alicyclic amines) is 1. The maximum Gasteiger partial charge on any atom is 0.325 e. The van der Waals surface area contributed by atoms with E-state index < -0.39 is 12.0 Å². The van der Waals surface area contributed by atoms with Gasteiger partial charge in [-0.05, 0) is 26.8 Å². The monoisotopic (exact) mass is 271 g/mol. The van der Waals surface area contributed by atoms with E-state index in [-0.39, 0.29) is 24.4 Å². The van der Waals surface area contributed by atoms with Crippen molar-refractivity contribution >= 4 is 17.8 Å². The van der Waals surface area contributed by atoms with E-state index in [9.17, 15) is 14.4 Å². The summed E-state index contributed by atoms with van der Waals surface area (Å²) in [5.41, 5.74) is 0. The summed E-state index contributed by atoms with van der Waals surface area (Å²) in [6, 6.07) is -0.818. The van der Waals surface area contributed by atoms with Gasteiger partial charge in [-0.15, -0.1) is 0 Å². The van der Waals surface area contributed by atoms with Gasteiger partial charge in [-0.3, -0.25) is 14.4 Å². The Labute approximate surface area is 112 Å². The van der Waals surface area contributed by atoms with Gasteiger partial charge < -0.3 is 20.3 Å². The second kappa shape index (κ2) is 7.08. The van der Waals surface area contributed by atoms with E-state index in [0.717, 1.165) is 6.42 Å². The average molecular weight is 271 g/mol. The van der Waals surface area contributed by atoms with E-state index >= 15 is 0 Å². The number of carbonyl (C=O) groups is 3. The Kier molecular flexibility index (Phi) is 5.75. The molecule has 0 aromatic carbocycles. The summed E-state index contributed by atoms with van der Waals surface area (Å²) >= 11 is 0. The summed E-state index contributed by atoms with van der Waals surface area (Å²) in [5, 5.41) is 5.35. The van der Waals surface area contributed by atoms with Crippen molar-refractivity contribution in [2.45, 2.75) is 31.8 Å². The highest BCUT2D eigenvalue weighted by atomic mass is 16.5. The van der Waals surface area contributed by atoms with Crippen LogP contribution < -0.4 is 10.6 Å². The number of likely N-dealkylation sites (N-methyl/N-ethyl adjacent to an activating group) is 1. The van der Waals surface area contributed by atoms with E-state index in [4.69, 9.17) is 0 Å². The molecule has 7 nitrogen and oxygen atoms in total. The van der Waals surface area contributed by atoms with Crippen molar-refractivity contribution in [1.82, 2.24) is 15.5 Å². The molecule has 0 aromatic rings. The van der Waals surface area contributed by atoms with Crippen LogP contribution in [-0.4, -0.2) is 62.0 Å². The van der Waals surface area contributed by atoms with Crippen LogP contribution >= 0.6 is 0 Å². The molecule has 2 atom stereocenters. The van der Waals surface area contributed by atoms with Gasteiger partial charge in [-0.25, -0.2) is 0 Å². The quantitative estimate of drug-likeness (QED) is 0.618. The number of hydrogen-bond donors (Lipinski definition) is 2. The lowest BCUT2D eigenvalue weighted by Gasteiger charge is -2.26. The van der Waals surface area contributed by atoms with Gasteiger partial charge in [0, 0.05) is 6.54 Å². The van der Waals surface area contributed by atoms with Crippen LogP contribution in [0, 0.1) is 0 Å². The topological polar surface area (TPSA) is 87.7 Å². The molecule has 0 radical (unpaired) electrons. The summed E-state index contributed by atoms with van der Waals surface area (Å²) in [6.45, 7) is 2.15. The number of nitrogens with one attached hydrogen (secondary N) is 2. The zero-order chi connectivity index (χ0) is 14.4. The molecule has 1 aliphatic rings. The molecule has 108 valence electrons. The highest BCUT2D eigenvalue weighted by Crippen LogP contribution is 2.18. The van der Waals surface area contributed by atoms with Crippen molar-refractivity contribution < 1.29 is 19.1 Å².